The minimum Gasteiger partial charge on any atom is -0.273 e. The number of hydrogen-bond acceptors (Lipinski definition) is 3. The monoisotopic (exact) mass is 264 g/mol. The van der Waals surface area contributed by atoms with Crippen molar-refractivity contribution in [1.82, 2.24) is 9.55 Å². The first-order valence-electron chi connectivity index (χ1n) is 5.18. The zero-order chi connectivity index (χ0) is 11.8. The summed E-state index contributed by atoms with van der Waals surface area (Å²) >= 11 is 7.28. The van der Waals surface area contributed by atoms with E-state index in [9.17, 15) is 4.79 Å². The molecule has 0 fully saturated rings. The van der Waals surface area contributed by atoms with Crippen LogP contribution in [0.15, 0.2) is 35.6 Å². The largest absolute Gasteiger partial charge is 0.273 e. The SMILES string of the molecule is O=C1CSc2nc(-c3cccc(CCl)c3)cn21. The van der Waals surface area contributed by atoms with E-state index >= 15 is 0 Å². The van der Waals surface area contributed by atoms with Crippen LogP contribution in [0.4, 0.5) is 0 Å². The molecule has 0 saturated heterocycles. The fourth-order valence-corrected chi connectivity index (χ4v) is 2.81. The zero-order valence-electron chi connectivity index (χ0n) is 8.89. The third-order valence-corrected chi connectivity index (χ3v) is 3.89. The van der Waals surface area contributed by atoms with E-state index in [-0.39, 0.29) is 5.91 Å². The predicted molar refractivity (Wildman–Crippen MR) is 68.6 cm³/mol. The third kappa shape index (κ3) is 1.87. The number of rotatable bonds is 2. The Morgan fingerprint density at radius 3 is 3.12 bits per heavy atom. The normalized spacial score (nSPS) is 14.1. The van der Waals surface area contributed by atoms with Gasteiger partial charge in [-0.25, -0.2) is 4.98 Å². The van der Waals surface area contributed by atoms with Crippen molar-refractivity contribution in [2.75, 3.05) is 5.75 Å². The minimum atomic E-state index is 0.0947. The Morgan fingerprint density at radius 2 is 2.35 bits per heavy atom. The van der Waals surface area contributed by atoms with E-state index < -0.39 is 0 Å². The summed E-state index contributed by atoms with van der Waals surface area (Å²) in [4.78, 5) is 16.0. The maximum atomic E-state index is 11.5. The molecule has 0 bridgehead atoms. The molecule has 0 amide bonds. The Morgan fingerprint density at radius 1 is 1.47 bits per heavy atom. The summed E-state index contributed by atoms with van der Waals surface area (Å²) in [5, 5.41) is 0.779. The topological polar surface area (TPSA) is 34.9 Å². The van der Waals surface area contributed by atoms with Crippen molar-refractivity contribution in [3.63, 3.8) is 0 Å². The summed E-state index contributed by atoms with van der Waals surface area (Å²) in [5.41, 5.74) is 2.88. The average Bonchev–Trinajstić information content (AvgIpc) is 2.92. The van der Waals surface area contributed by atoms with Crippen molar-refractivity contribution < 1.29 is 4.79 Å². The molecule has 0 atom stereocenters. The van der Waals surface area contributed by atoms with Crippen LogP contribution in [-0.2, 0) is 5.88 Å². The van der Waals surface area contributed by atoms with Crippen LogP contribution in [0.25, 0.3) is 11.3 Å². The standard InChI is InChI=1S/C12H9ClN2OS/c13-5-8-2-1-3-9(4-8)10-6-15-11(16)7-17-12(15)14-10/h1-4,6H,5,7H2. The van der Waals surface area contributed by atoms with Gasteiger partial charge in [0.25, 0.3) is 0 Å². The van der Waals surface area contributed by atoms with Gasteiger partial charge in [-0.1, -0.05) is 30.0 Å². The molecule has 0 aliphatic carbocycles. The van der Waals surface area contributed by atoms with Crippen molar-refractivity contribution >= 4 is 29.3 Å². The molecule has 0 N–H and O–H groups in total. The molecular weight excluding hydrogens is 256 g/mol. The average molecular weight is 265 g/mol. The summed E-state index contributed by atoms with van der Waals surface area (Å²) in [6.07, 6.45) is 1.80. The Kier molecular flexibility index (Phi) is 2.68. The summed E-state index contributed by atoms with van der Waals surface area (Å²) < 4.78 is 1.62. The molecular formula is C12H9ClN2OS. The summed E-state index contributed by atoms with van der Waals surface area (Å²) in [5.74, 6) is 1.07. The van der Waals surface area contributed by atoms with Crippen molar-refractivity contribution in [2.24, 2.45) is 0 Å². The maximum absolute atomic E-state index is 11.5. The molecule has 86 valence electrons. The number of fused-ring (bicyclic) bond motifs is 1. The highest BCUT2D eigenvalue weighted by Crippen LogP contribution is 2.29. The van der Waals surface area contributed by atoms with Crippen LogP contribution >= 0.6 is 23.4 Å². The second-order valence-corrected chi connectivity index (χ2v) is 5.00. The van der Waals surface area contributed by atoms with Gasteiger partial charge in [0.05, 0.1) is 11.4 Å². The van der Waals surface area contributed by atoms with Crippen molar-refractivity contribution in [1.29, 1.82) is 0 Å². The highest BCUT2D eigenvalue weighted by Gasteiger charge is 2.22. The fraction of sp³-hybridized carbons (Fsp3) is 0.167. The van der Waals surface area contributed by atoms with Crippen molar-refractivity contribution in [3.8, 4) is 11.3 Å². The van der Waals surface area contributed by atoms with E-state index in [4.69, 9.17) is 11.6 Å². The van der Waals surface area contributed by atoms with Crippen LogP contribution in [0.3, 0.4) is 0 Å². The number of carbonyl (C=O) groups is 1. The number of carbonyl (C=O) groups excluding carboxylic acids is 1. The second-order valence-electron chi connectivity index (χ2n) is 3.80. The number of alkyl halides is 1. The van der Waals surface area contributed by atoms with Crippen LogP contribution in [-0.4, -0.2) is 21.2 Å². The predicted octanol–water partition coefficient (Wildman–Crippen LogP) is 3.03. The summed E-state index contributed by atoms with van der Waals surface area (Å²) in [6, 6.07) is 7.90. The highest BCUT2D eigenvalue weighted by molar-refractivity contribution is 8.00. The van der Waals surface area contributed by atoms with Gasteiger partial charge in [-0.3, -0.25) is 9.36 Å². The van der Waals surface area contributed by atoms with E-state index in [0.717, 1.165) is 22.0 Å². The number of thioether (sulfide) groups is 1. The Bertz CT molecular complexity index is 594. The van der Waals surface area contributed by atoms with E-state index in [1.165, 1.54) is 11.8 Å². The highest BCUT2D eigenvalue weighted by atomic mass is 35.5. The number of halogens is 1. The van der Waals surface area contributed by atoms with Gasteiger partial charge in [0, 0.05) is 17.6 Å². The third-order valence-electron chi connectivity index (χ3n) is 2.64. The van der Waals surface area contributed by atoms with Gasteiger partial charge < -0.3 is 0 Å². The molecule has 0 spiro atoms. The Hall–Kier alpha value is -1.26. The van der Waals surface area contributed by atoms with Crippen LogP contribution in [0.5, 0.6) is 0 Å². The first-order valence-corrected chi connectivity index (χ1v) is 6.70. The molecule has 5 heteroatoms. The number of imidazole rings is 1. The molecule has 1 aliphatic heterocycles. The minimum absolute atomic E-state index is 0.0947. The first kappa shape index (κ1) is 10.9. The van der Waals surface area contributed by atoms with Crippen LogP contribution in [0, 0.1) is 0 Å². The van der Waals surface area contributed by atoms with Gasteiger partial charge in [-0.2, -0.15) is 0 Å². The molecule has 3 rings (SSSR count). The smallest absolute Gasteiger partial charge is 0.243 e. The Balaban J connectivity index is 2.04. The van der Waals surface area contributed by atoms with Gasteiger partial charge in [0.15, 0.2) is 5.16 Å². The quantitative estimate of drug-likeness (QED) is 0.782. The van der Waals surface area contributed by atoms with E-state index in [1.807, 2.05) is 24.3 Å². The number of benzene rings is 1. The van der Waals surface area contributed by atoms with E-state index in [2.05, 4.69) is 4.98 Å². The number of hydrogen-bond donors (Lipinski definition) is 0. The lowest BCUT2D eigenvalue weighted by Crippen LogP contribution is -2.04. The molecule has 2 heterocycles. The van der Waals surface area contributed by atoms with Gasteiger partial charge in [0.1, 0.15) is 0 Å². The van der Waals surface area contributed by atoms with Crippen molar-refractivity contribution in [3.05, 3.63) is 36.0 Å². The molecule has 0 saturated carbocycles. The van der Waals surface area contributed by atoms with E-state index in [1.54, 1.807) is 10.8 Å². The van der Waals surface area contributed by atoms with Gasteiger partial charge in [-0.05, 0) is 11.6 Å². The Labute approximate surface area is 108 Å². The molecule has 0 unspecified atom stereocenters. The molecule has 3 nitrogen and oxygen atoms in total. The van der Waals surface area contributed by atoms with Crippen molar-refractivity contribution in [2.45, 2.75) is 11.0 Å². The lowest BCUT2D eigenvalue weighted by atomic mass is 10.1. The number of nitrogens with zero attached hydrogens (tertiary/aromatic N) is 2. The molecule has 1 aliphatic rings. The lowest BCUT2D eigenvalue weighted by molar-refractivity contribution is 0.0939. The second kappa shape index (κ2) is 4.20. The molecule has 2 aromatic rings. The molecule has 0 radical (unpaired) electrons. The van der Waals surface area contributed by atoms with E-state index in [0.29, 0.717) is 11.6 Å². The van der Waals surface area contributed by atoms with Gasteiger partial charge in [-0.15, -0.1) is 11.6 Å². The first-order chi connectivity index (χ1) is 8.28. The van der Waals surface area contributed by atoms with Gasteiger partial charge >= 0.3 is 0 Å². The maximum Gasteiger partial charge on any atom is 0.243 e. The van der Waals surface area contributed by atoms with Crippen LogP contribution < -0.4 is 0 Å². The number of aromatic nitrogens is 2. The summed E-state index contributed by atoms with van der Waals surface area (Å²) in [6.45, 7) is 0. The fourth-order valence-electron chi connectivity index (χ4n) is 1.79. The summed E-state index contributed by atoms with van der Waals surface area (Å²) in [7, 11) is 0. The van der Waals surface area contributed by atoms with Crippen LogP contribution in [0.1, 0.15) is 10.4 Å². The van der Waals surface area contributed by atoms with Crippen LogP contribution in [0.2, 0.25) is 0 Å². The zero-order valence-corrected chi connectivity index (χ0v) is 10.5. The molecule has 1 aromatic heterocycles. The molecule has 17 heavy (non-hydrogen) atoms. The van der Waals surface area contributed by atoms with Gasteiger partial charge in [0.2, 0.25) is 5.91 Å². The molecule has 1 aromatic carbocycles. The lowest BCUT2D eigenvalue weighted by Gasteiger charge is -1.99.